The second kappa shape index (κ2) is 7.12. The first kappa shape index (κ1) is 16.6. The third kappa shape index (κ3) is 3.48. The van der Waals surface area contributed by atoms with E-state index in [0.717, 1.165) is 16.3 Å². The lowest BCUT2D eigenvalue weighted by atomic mass is 10.3. The monoisotopic (exact) mass is 347 g/mol. The molecule has 0 spiro atoms. The molecule has 2 aromatic heterocycles. The Bertz CT molecular complexity index is 725. The molecule has 8 heteroatoms. The maximum atomic E-state index is 12.5. The Morgan fingerprint density at radius 2 is 2.00 bits per heavy atom. The number of anilines is 1. The topological polar surface area (TPSA) is 71.5 Å². The number of ether oxygens (including phenoxy) is 1. The summed E-state index contributed by atoms with van der Waals surface area (Å²) in [4.78, 5) is 30.4. The van der Waals surface area contributed by atoms with Crippen LogP contribution in [0.2, 0.25) is 0 Å². The molecule has 0 unspecified atom stereocenters. The van der Waals surface area contributed by atoms with Gasteiger partial charge in [0.25, 0.3) is 5.91 Å². The summed E-state index contributed by atoms with van der Waals surface area (Å²) in [5.41, 5.74) is 3.40. The highest BCUT2D eigenvalue weighted by molar-refractivity contribution is 7.11. The standard InChI is InChI=1S/C16H21N5O2S/c1-4-23-13-9-11(2)18-16(19-13)21-7-5-20(6-8-21)15(22)14-12(3)17-10-24-14/h9-10H,4-8H2,1-3H3. The van der Waals surface area contributed by atoms with Crippen molar-refractivity contribution in [2.75, 3.05) is 37.7 Å². The molecular weight excluding hydrogens is 326 g/mol. The Balaban J connectivity index is 1.67. The number of piperazine rings is 1. The molecule has 0 aromatic carbocycles. The van der Waals surface area contributed by atoms with Crippen LogP contribution in [0, 0.1) is 13.8 Å². The SMILES string of the molecule is CCOc1cc(C)nc(N2CCN(C(=O)c3scnc3C)CC2)n1. The molecule has 1 aliphatic rings. The maximum Gasteiger partial charge on any atom is 0.265 e. The van der Waals surface area contributed by atoms with Crippen LogP contribution in [0.25, 0.3) is 0 Å². The number of amides is 1. The molecule has 1 aliphatic heterocycles. The van der Waals surface area contributed by atoms with Gasteiger partial charge in [0, 0.05) is 37.9 Å². The molecule has 1 fully saturated rings. The molecular formula is C16H21N5O2S. The zero-order valence-electron chi connectivity index (χ0n) is 14.2. The van der Waals surface area contributed by atoms with Crippen molar-refractivity contribution < 1.29 is 9.53 Å². The third-order valence-electron chi connectivity index (χ3n) is 3.90. The van der Waals surface area contributed by atoms with E-state index in [2.05, 4.69) is 19.9 Å². The fourth-order valence-corrected chi connectivity index (χ4v) is 3.42. The molecule has 0 bridgehead atoms. The van der Waals surface area contributed by atoms with Gasteiger partial charge in [0.15, 0.2) is 0 Å². The van der Waals surface area contributed by atoms with Crippen molar-refractivity contribution in [1.82, 2.24) is 19.9 Å². The van der Waals surface area contributed by atoms with E-state index < -0.39 is 0 Å². The number of aromatic nitrogens is 3. The fraction of sp³-hybridized carbons (Fsp3) is 0.500. The molecule has 1 saturated heterocycles. The van der Waals surface area contributed by atoms with Crippen LogP contribution in [-0.2, 0) is 0 Å². The number of carbonyl (C=O) groups is 1. The van der Waals surface area contributed by atoms with Crippen molar-refractivity contribution in [1.29, 1.82) is 0 Å². The highest BCUT2D eigenvalue weighted by Gasteiger charge is 2.25. The summed E-state index contributed by atoms with van der Waals surface area (Å²) in [5.74, 6) is 1.33. The predicted molar refractivity (Wildman–Crippen MR) is 92.9 cm³/mol. The lowest BCUT2D eigenvalue weighted by Gasteiger charge is -2.34. The van der Waals surface area contributed by atoms with Crippen LogP contribution in [0.15, 0.2) is 11.6 Å². The second-order valence-corrected chi connectivity index (χ2v) is 6.48. The minimum absolute atomic E-state index is 0.0646. The van der Waals surface area contributed by atoms with Gasteiger partial charge in [0.1, 0.15) is 4.88 Å². The van der Waals surface area contributed by atoms with Gasteiger partial charge in [-0.15, -0.1) is 11.3 Å². The molecule has 3 rings (SSSR count). The van der Waals surface area contributed by atoms with Crippen molar-refractivity contribution in [3.8, 4) is 5.88 Å². The van der Waals surface area contributed by atoms with Gasteiger partial charge < -0.3 is 14.5 Å². The molecule has 0 aliphatic carbocycles. The molecule has 7 nitrogen and oxygen atoms in total. The van der Waals surface area contributed by atoms with Gasteiger partial charge in [0.05, 0.1) is 17.8 Å². The van der Waals surface area contributed by atoms with E-state index >= 15 is 0 Å². The average Bonchev–Trinajstić information content (AvgIpc) is 3.00. The van der Waals surface area contributed by atoms with Crippen molar-refractivity contribution in [2.45, 2.75) is 20.8 Å². The molecule has 0 N–H and O–H groups in total. The van der Waals surface area contributed by atoms with E-state index in [1.54, 1.807) is 5.51 Å². The highest BCUT2D eigenvalue weighted by Crippen LogP contribution is 2.20. The summed E-state index contributed by atoms with van der Waals surface area (Å²) < 4.78 is 5.49. The minimum Gasteiger partial charge on any atom is -0.478 e. The molecule has 2 aromatic rings. The van der Waals surface area contributed by atoms with Gasteiger partial charge in [-0.05, 0) is 20.8 Å². The molecule has 128 valence electrons. The predicted octanol–water partition coefficient (Wildman–Crippen LogP) is 1.91. The summed E-state index contributed by atoms with van der Waals surface area (Å²) >= 11 is 1.40. The smallest absolute Gasteiger partial charge is 0.265 e. The normalized spacial score (nSPS) is 14.8. The third-order valence-corrected chi connectivity index (χ3v) is 4.82. The Kier molecular flexibility index (Phi) is 4.94. The van der Waals surface area contributed by atoms with Crippen LogP contribution < -0.4 is 9.64 Å². The van der Waals surface area contributed by atoms with Gasteiger partial charge in [0.2, 0.25) is 11.8 Å². The van der Waals surface area contributed by atoms with Crippen LogP contribution in [0.1, 0.15) is 28.0 Å². The lowest BCUT2D eigenvalue weighted by Crippen LogP contribution is -2.49. The number of aryl methyl sites for hydroxylation is 2. The number of rotatable bonds is 4. The average molecular weight is 347 g/mol. The van der Waals surface area contributed by atoms with Gasteiger partial charge in [-0.1, -0.05) is 0 Å². The van der Waals surface area contributed by atoms with Gasteiger partial charge >= 0.3 is 0 Å². The number of thiazole rings is 1. The molecule has 0 radical (unpaired) electrons. The van der Waals surface area contributed by atoms with Crippen LogP contribution in [0.3, 0.4) is 0 Å². The van der Waals surface area contributed by atoms with Crippen LogP contribution in [-0.4, -0.2) is 58.5 Å². The van der Waals surface area contributed by atoms with Crippen molar-refractivity contribution in [3.05, 3.63) is 27.8 Å². The Morgan fingerprint density at radius 3 is 2.62 bits per heavy atom. The van der Waals surface area contributed by atoms with Crippen molar-refractivity contribution in [2.24, 2.45) is 0 Å². The fourth-order valence-electron chi connectivity index (χ4n) is 2.65. The first-order chi connectivity index (χ1) is 11.6. The first-order valence-electron chi connectivity index (χ1n) is 8.01. The highest BCUT2D eigenvalue weighted by atomic mass is 32.1. The zero-order valence-corrected chi connectivity index (χ0v) is 15.0. The largest absolute Gasteiger partial charge is 0.478 e. The summed E-state index contributed by atoms with van der Waals surface area (Å²) in [6.45, 7) is 9.03. The van der Waals surface area contributed by atoms with Gasteiger partial charge in [-0.2, -0.15) is 4.98 Å². The Morgan fingerprint density at radius 1 is 1.25 bits per heavy atom. The van der Waals surface area contributed by atoms with Crippen LogP contribution in [0.5, 0.6) is 5.88 Å². The Labute approximate surface area is 145 Å². The van der Waals surface area contributed by atoms with E-state index in [9.17, 15) is 4.79 Å². The number of hydrogen-bond acceptors (Lipinski definition) is 7. The molecule has 3 heterocycles. The second-order valence-electron chi connectivity index (χ2n) is 5.63. The first-order valence-corrected chi connectivity index (χ1v) is 8.89. The maximum absolute atomic E-state index is 12.5. The molecule has 0 atom stereocenters. The number of carbonyl (C=O) groups excluding carboxylic acids is 1. The minimum atomic E-state index is 0.0646. The lowest BCUT2D eigenvalue weighted by molar-refractivity contribution is 0.0750. The molecule has 0 saturated carbocycles. The summed E-state index contributed by atoms with van der Waals surface area (Å²) in [6, 6.07) is 1.83. The van der Waals surface area contributed by atoms with Crippen molar-refractivity contribution in [3.63, 3.8) is 0 Å². The van der Waals surface area contributed by atoms with E-state index in [0.29, 0.717) is 44.6 Å². The van der Waals surface area contributed by atoms with E-state index in [-0.39, 0.29) is 5.91 Å². The van der Waals surface area contributed by atoms with Crippen LogP contribution in [0.4, 0.5) is 5.95 Å². The zero-order chi connectivity index (χ0) is 17.1. The van der Waals surface area contributed by atoms with Crippen LogP contribution >= 0.6 is 11.3 Å². The molecule has 1 amide bonds. The molecule has 24 heavy (non-hydrogen) atoms. The number of hydrogen-bond donors (Lipinski definition) is 0. The summed E-state index contributed by atoms with van der Waals surface area (Å²) in [6.07, 6.45) is 0. The van der Waals surface area contributed by atoms with Gasteiger partial charge in [-0.25, -0.2) is 9.97 Å². The number of nitrogens with zero attached hydrogens (tertiary/aromatic N) is 5. The summed E-state index contributed by atoms with van der Waals surface area (Å²) in [5, 5.41) is 0. The quantitative estimate of drug-likeness (QED) is 0.841. The van der Waals surface area contributed by atoms with Crippen molar-refractivity contribution >= 4 is 23.2 Å². The summed E-state index contributed by atoms with van der Waals surface area (Å²) in [7, 11) is 0. The van der Waals surface area contributed by atoms with E-state index in [1.807, 2.05) is 31.7 Å². The Hall–Kier alpha value is -2.22. The van der Waals surface area contributed by atoms with E-state index in [4.69, 9.17) is 4.74 Å². The van der Waals surface area contributed by atoms with Gasteiger partial charge in [-0.3, -0.25) is 4.79 Å². The van der Waals surface area contributed by atoms with E-state index in [1.165, 1.54) is 11.3 Å².